The molecule has 0 bridgehead atoms. The average Bonchev–Trinajstić information content (AvgIpc) is 1.70. The summed E-state index contributed by atoms with van der Waals surface area (Å²) >= 11 is -9.02. The summed E-state index contributed by atoms with van der Waals surface area (Å²) in [6.07, 6.45) is 0. The van der Waals surface area contributed by atoms with Gasteiger partial charge in [-0.1, -0.05) is 0 Å². The summed E-state index contributed by atoms with van der Waals surface area (Å²) in [5, 5.41) is 0. The fourth-order valence-electron chi connectivity index (χ4n) is 0. The maximum absolute atomic E-state index is 9.83. The molecule has 0 aliphatic rings. The third-order valence-electron chi connectivity index (χ3n) is 0. The van der Waals surface area contributed by atoms with Crippen LogP contribution in [0.15, 0.2) is 0 Å². The van der Waals surface area contributed by atoms with Gasteiger partial charge in [0.25, 0.3) is 0 Å². The maximum atomic E-state index is 9.83. The van der Waals surface area contributed by atoms with E-state index in [0.29, 0.717) is 0 Å². The predicted octanol–water partition coefficient (Wildman–Crippen LogP) is 2.52. The fourth-order valence-corrected chi connectivity index (χ4v) is 0. The monoisotopic (exact) mass is 828 g/mol. The van der Waals surface area contributed by atoms with Crippen LogP contribution in [0.3, 0.4) is 0 Å². The van der Waals surface area contributed by atoms with Gasteiger partial charge < -0.3 is 0 Å². The van der Waals surface area contributed by atoms with Crippen LogP contribution in [0.4, 0.5) is 12.6 Å². The van der Waals surface area contributed by atoms with Crippen molar-refractivity contribution in [1.82, 2.24) is 0 Å². The molecule has 0 rings (SSSR count). The molecular weight excluding hydrogens is 828 g/mol. The number of hydrogen-bond acceptors (Lipinski definition) is 0. The average molecular weight is 828 g/mol. The first-order chi connectivity index (χ1) is 4.24. The van der Waals surface area contributed by atoms with Gasteiger partial charge in [0.15, 0.2) is 0 Å². The zero-order chi connectivity index (χ0) is 8.12. The molecule has 0 saturated heterocycles. The third-order valence-corrected chi connectivity index (χ3v) is 0. The summed E-state index contributed by atoms with van der Waals surface area (Å²) in [6, 6.07) is 0. The van der Waals surface area contributed by atoms with Crippen LogP contribution in [0.5, 0.6) is 0 Å². The van der Waals surface area contributed by atoms with E-state index in [-0.39, 0.29) is 0 Å². The molecule has 0 N–H and O–H groups in total. The van der Waals surface area contributed by atoms with Crippen LogP contribution in [0, 0.1) is 87.3 Å². The molecule has 0 spiro atoms. The molecule has 9 heavy (non-hydrogen) atoms. The van der Waals surface area contributed by atoms with E-state index in [1.165, 1.54) is 0 Å². The normalized spacial score (nSPS) is 3.33. The first-order valence-electron chi connectivity index (χ1n) is 1.13. The van der Waals surface area contributed by atoms with Crippen molar-refractivity contribution in [3.63, 3.8) is 0 Å². The Hall–Kier alpha value is 2.74. The van der Waals surface area contributed by atoms with Gasteiger partial charge in [0.2, 0.25) is 0 Å². The summed E-state index contributed by atoms with van der Waals surface area (Å²) < 4.78 is 59.0. The molecule has 0 amide bonds. The molecule has 9 heteroatoms. The van der Waals surface area contributed by atoms with Crippen molar-refractivity contribution in [3.8, 4) is 0 Å². The molecule has 0 unspecified atom stereocenters. The van der Waals surface area contributed by atoms with Crippen molar-refractivity contribution in [2.75, 3.05) is 0 Å². The van der Waals surface area contributed by atoms with Crippen LogP contribution in [-0.4, -0.2) is 0 Å². The minimum atomic E-state index is -3.01. The quantitative estimate of drug-likeness (QED) is 0.330. The molecule has 0 aromatic rings. The molecule has 0 fully saturated rings. The Balaban J connectivity index is -0.0000000600. The van der Waals surface area contributed by atoms with E-state index in [1.54, 1.807) is 0 Å². The molecule has 54 valence electrons. The van der Waals surface area contributed by atoms with Crippen LogP contribution >= 0.6 is 0 Å². The first kappa shape index (κ1) is 17.7. The predicted molar refractivity (Wildman–Crippen MR) is 6.65 cm³/mol. The van der Waals surface area contributed by atoms with Crippen LogP contribution in [-0.2, 0) is 0 Å². The van der Waals surface area contributed by atoms with E-state index in [4.69, 9.17) is 0 Å². The molecule has 0 aromatic heterocycles. The number of rotatable bonds is 0. The van der Waals surface area contributed by atoms with Crippen LogP contribution in [0.2, 0.25) is 0 Å². The second-order valence-corrected chi connectivity index (χ2v) is 2.00. The van der Waals surface area contributed by atoms with Crippen molar-refractivity contribution in [2.24, 2.45) is 0 Å². The van der Waals surface area contributed by atoms with Gasteiger partial charge in [-0.15, -0.1) is 0 Å². The van der Waals surface area contributed by atoms with Crippen molar-refractivity contribution < 1.29 is 99.9 Å². The molecule has 0 radical (unpaired) electrons. The second kappa shape index (κ2) is 30.9. The van der Waals surface area contributed by atoms with E-state index in [1.807, 2.05) is 0 Å². The standard InChI is InChI=1S/6FH.3U/h6*1H;;;/q;;;;;;3*+2/p-6. The van der Waals surface area contributed by atoms with Gasteiger partial charge in [-0.3, -0.25) is 0 Å². The van der Waals surface area contributed by atoms with E-state index < -0.39 is 87.3 Å². The van der Waals surface area contributed by atoms with Crippen molar-refractivity contribution >= 4 is 0 Å². The molecule has 0 saturated carbocycles. The van der Waals surface area contributed by atoms with Crippen molar-refractivity contribution in [3.05, 3.63) is 0 Å². The van der Waals surface area contributed by atoms with Crippen LogP contribution < -0.4 is 0 Å². The first-order valence-corrected chi connectivity index (χ1v) is 10.6. The molecule has 0 aromatic carbocycles. The van der Waals surface area contributed by atoms with Gasteiger partial charge in [-0.25, -0.2) is 0 Å². The van der Waals surface area contributed by atoms with Gasteiger partial charge in [0.1, 0.15) is 0 Å². The van der Waals surface area contributed by atoms with Gasteiger partial charge in [0.05, 0.1) is 0 Å². The fraction of sp³-hybridized carbons (Fsp3) is 0. The summed E-state index contributed by atoms with van der Waals surface area (Å²) in [6.45, 7) is 0. The third kappa shape index (κ3) is 109. The molecular formula is F6U3. The van der Waals surface area contributed by atoms with Crippen molar-refractivity contribution in [2.45, 2.75) is 0 Å². The Morgan fingerprint density at radius 2 is 0.444 bits per heavy atom. The Morgan fingerprint density at radius 1 is 0.444 bits per heavy atom. The van der Waals surface area contributed by atoms with E-state index in [2.05, 4.69) is 0 Å². The Kier molecular flexibility index (Phi) is 60.9. The van der Waals surface area contributed by atoms with E-state index in [0.717, 1.165) is 0 Å². The Bertz CT molecular complexity index is 13.0. The van der Waals surface area contributed by atoms with Crippen molar-refractivity contribution in [1.29, 1.82) is 0 Å². The van der Waals surface area contributed by atoms with Gasteiger partial charge in [-0.05, 0) is 0 Å². The Morgan fingerprint density at radius 3 is 0.444 bits per heavy atom. The van der Waals surface area contributed by atoms with E-state index in [9.17, 15) is 12.6 Å². The molecule has 0 aliphatic carbocycles. The number of hydrogen-bond donors (Lipinski definition) is 0. The topological polar surface area (TPSA) is 0 Å². The molecule has 0 aliphatic heterocycles. The number of halogens is 6. The Labute approximate surface area is 97.7 Å². The minimum absolute atomic E-state index is 3.01. The zero-order valence-electron chi connectivity index (χ0n) is 3.77. The second-order valence-electron chi connectivity index (χ2n) is 0.214. The summed E-state index contributed by atoms with van der Waals surface area (Å²) in [7, 11) is 0. The van der Waals surface area contributed by atoms with Crippen LogP contribution in [0.25, 0.3) is 0 Å². The molecule has 0 nitrogen and oxygen atoms in total. The zero-order valence-corrected chi connectivity index (χ0v) is 16.3. The van der Waals surface area contributed by atoms with E-state index >= 15 is 0 Å². The van der Waals surface area contributed by atoms with Gasteiger partial charge in [-0.2, -0.15) is 0 Å². The molecule has 0 heterocycles. The van der Waals surface area contributed by atoms with Gasteiger partial charge >= 0.3 is 99.9 Å². The summed E-state index contributed by atoms with van der Waals surface area (Å²) in [5.41, 5.74) is 0. The van der Waals surface area contributed by atoms with Crippen LogP contribution in [0.1, 0.15) is 0 Å². The summed E-state index contributed by atoms with van der Waals surface area (Å²) in [5.74, 6) is 0. The summed E-state index contributed by atoms with van der Waals surface area (Å²) in [4.78, 5) is 0. The molecule has 0 atom stereocenters. The van der Waals surface area contributed by atoms with Gasteiger partial charge in [0, 0.05) is 0 Å². The SMILES string of the molecule is [F][U][F].[F][U][F].[F][U][F].